The van der Waals surface area contributed by atoms with Crippen molar-refractivity contribution in [3.8, 4) is 0 Å². The molecule has 0 spiro atoms. The van der Waals surface area contributed by atoms with Crippen LogP contribution in [0.1, 0.15) is 71.6 Å². The van der Waals surface area contributed by atoms with Gasteiger partial charge in [0.15, 0.2) is 0 Å². The van der Waals surface area contributed by atoms with E-state index in [9.17, 15) is 0 Å². The first kappa shape index (κ1) is 13.0. The predicted octanol–water partition coefficient (Wildman–Crippen LogP) is 4.13. The Hall–Kier alpha value is -0.0400. The fourth-order valence-corrected chi connectivity index (χ4v) is 2.46. The molecule has 90 valence electrons. The van der Waals surface area contributed by atoms with Crippen molar-refractivity contribution in [3.63, 3.8) is 0 Å². The summed E-state index contributed by atoms with van der Waals surface area (Å²) >= 11 is 0. The van der Waals surface area contributed by atoms with Crippen LogP contribution in [0.3, 0.4) is 0 Å². The molecule has 1 saturated carbocycles. The molecule has 0 unspecified atom stereocenters. The number of unbranched alkanes of at least 4 members (excludes halogenated alkanes) is 6. The summed E-state index contributed by atoms with van der Waals surface area (Å²) < 4.78 is 0. The molecular weight excluding hydrogens is 182 g/mol. The van der Waals surface area contributed by atoms with Crippen LogP contribution in [0, 0.1) is 5.92 Å². The van der Waals surface area contributed by atoms with Crippen molar-refractivity contribution < 1.29 is 0 Å². The van der Waals surface area contributed by atoms with Crippen LogP contribution < -0.4 is 5.32 Å². The smallest absolute Gasteiger partial charge is 0.00721 e. The summed E-state index contributed by atoms with van der Waals surface area (Å²) in [5.74, 6) is 0.983. The molecule has 0 saturated heterocycles. The summed E-state index contributed by atoms with van der Waals surface area (Å²) in [4.78, 5) is 0. The molecule has 0 heterocycles. The fraction of sp³-hybridized carbons (Fsp3) is 1.00. The lowest BCUT2D eigenvalue weighted by molar-refractivity contribution is 0.241. The number of hydrogen-bond donors (Lipinski definition) is 1. The van der Waals surface area contributed by atoms with E-state index in [2.05, 4.69) is 19.2 Å². The van der Waals surface area contributed by atoms with E-state index in [1.165, 1.54) is 64.3 Å². The minimum Gasteiger partial charge on any atom is -0.314 e. The second-order valence-corrected chi connectivity index (χ2v) is 5.35. The molecule has 1 rings (SSSR count). The van der Waals surface area contributed by atoms with Crippen LogP contribution in [0.25, 0.3) is 0 Å². The van der Waals surface area contributed by atoms with Crippen molar-refractivity contribution in [2.24, 2.45) is 5.92 Å². The quantitative estimate of drug-likeness (QED) is 0.566. The van der Waals surface area contributed by atoms with Crippen molar-refractivity contribution in [2.45, 2.75) is 77.7 Å². The van der Waals surface area contributed by atoms with Gasteiger partial charge in [0, 0.05) is 6.04 Å². The van der Waals surface area contributed by atoms with E-state index in [4.69, 9.17) is 0 Å². The van der Waals surface area contributed by atoms with E-state index in [1.807, 2.05) is 0 Å². The highest BCUT2D eigenvalue weighted by atomic mass is 14.9. The molecule has 0 radical (unpaired) electrons. The van der Waals surface area contributed by atoms with E-state index >= 15 is 0 Å². The zero-order valence-electron chi connectivity index (χ0n) is 10.7. The van der Waals surface area contributed by atoms with Crippen LogP contribution in [-0.2, 0) is 0 Å². The number of nitrogens with one attached hydrogen (secondary N) is 1. The molecule has 0 atom stereocenters. The predicted molar refractivity (Wildman–Crippen MR) is 68.2 cm³/mol. The molecule has 1 fully saturated rings. The Balaban J connectivity index is 1.70. The highest BCUT2D eigenvalue weighted by Crippen LogP contribution is 2.26. The third-order valence-electron chi connectivity index (χ3n) is 3.59. The van der Waals surface area contributed by atoms with Crippen molar-refractivity contribution in [3.05, 3.63) is 0 Å². The van der Waals surface area contributed by atoms with Crippen molar-refractivity contribution >= 4 is 0 Å². The van der Waals surface area contributed by atoms with Gasteiger partial charge in [-0.25, -0.2) is 0 Å². The van der Waals surface area contributed by atoms with E-state index in [-0.39, 0.29) is 0 Å². The Labute approximate surface area is 96.0 Å². The normalized spacial score (nSPS) is 25.2. The molecule has 1 nitrogen and oxygen atoms in total. The minimum absolute atomic E-state index is 0.861. The van der Waals surface area contributed by atoms with E-state index < -0.39 is 0 Å². The molecule has 0 aromatic rings. The number of rotatable bonds is 9. The maximum atomic E-state index is 3.65. The standard InChI is InChI=1S/C14H29N/c1-3-4-5-6-7-8-9-10-15-14-11-13(2)12-14/h13-15H,3-12H2,1-2H3. The first-order valence-corrected chi connectivity index (χ1v) is 7.06. The number of hydrogen-bond acceptors (Lipinski definition) is 1. The van der Waals surface area contributed by atoms with E-state index in [0.717, 1.165) is 12.0 Å². The Bertz CT molecular complexity index is 138. The Morgan fingerprint density at radius 2 is 1.53 bits per heavy atom. The molecule has 1 aliphatic carbocycles. The van der Waals surface area contributed by atoms with Gasteiger partial charge >= 0.3 is 0 Å². The molecule has 0 bridgehead atoms. The lowest BCUT2D eigenvalue weighted by atomic mass is 9.82. The topological polar surface area (TPSA) is 12.0 Å². The molecule has 1 aliphatic rings. The molecule has 0 amide bonds. The van der Waals surface area contributed by atoms with Crippen molar-refractivity contribution in [1.29, 1.82) is 0 Å². The SMILES string of the molecule is CCCCCCCCCNC1CC(C)C1. The van der Waals surface area contributed by atoms with Crippen LogP contribution in [0.5, 0.6) is 0 Å². The van der Waals surface area contributed by atoms with Gasteiger partial charge < -0.3 is 5.32 Å². The molecule has 15 heavy (non-hydrogen) atoms. The summed E-state index contributed by atoms with van der Waals surface area (Å²) in [7, 11) is 0. The monoisotopic (exact) mass is 211 g/mol. The molecule has 1 N–H and O–H groups in total. The fourth-order valence-electron chi connectivity index (χ4n) is 2.46. The molecule has 0 aromatic carbocycles. The summed E-state index contributed by atoms with van der Waals surface area (Å²) in [6.07, 6.45) is 12.8. The summed E-state index contributed by atoms with van der Waals surface area (Å²) in [6, 6.07) is 0.861. The largest absolute Gasteiger partial charge is 0.314 e. The van der Waals surface area contributed by atoms with Gasteiger partial charge in [-0.15, -0.1) is 0 Å². The Morgan fingerprint density at radius 3 is 2.13 bits per heavy atom. The highest BCUT2D eigenvalue weighted by molar-refractivity contribution is 4.81. The third-order valence-corrected chi connectivity index (χ3v) is 3.59. The van der Waals surface area contributed by atoms with Crippen molar-refractivity contribution in [1.82, 2.24) is 5.32 Å². The van der Waals surface area contributed by atoms with Crippen LogP contribution in [0.15, 0.2) is 0 Å². The Kier molecular flexibility index (Phi) is 7.08. The van der Waals surface area contributed by atoms with Gasteiger partial charge in [-0.2, -0.15) is 0 Å². The average molecular weight is 211 g/mol. The average Bonchev–Trinajstić information content (AvgIpc) is 2.19. The molecule has 1 heteroatoms. The van der Waals surface area contributed by atoms with E-state index in [1.54, 1.807) is 0 Å². The maximum Gasteiger partial charge on any atom is 0.00721 e. The van der Waals surface area contributed by atoms with Crippen LogP contribution in [0.4, 0.5) is 0 Å². The third kappa shape index (κ3) is 6.19. The lowest BCUT2D eigenvalue weighted by Gasteiger charge is -2.33. The van der Waals surface area contributed by atoms with E-state index in [0.29, 0.717) is 0 Å². The first-order chi connectivity index (χ1) is 7.33. The zero-order chi connectivity index (χ0) is 10.9. The zero-order valence-corrected chi connectivity index (χ0v) is 10.7. The second-order valence-electron chi connectivity index (χ2n) is 5.35. The molecular formula is C14H29N. The van der Waals surface area contributed by atoms with Gasteiger partial charge in [0.05, 0.1) is 0 Å². The molecule has 0 aromatic heterocycles. The van der Waals surface area contributed by atoms with Crippen LogP contribution in [0.2, 0.25) is 0 Å². The second kappa shape index (κ2) is 8.15. The van der Waals surface area contributed by atoms with Gasteiger partial charge in [-0.1, -0.05) is 52.4 Å². The van der Waals surface area contributed by atoms with Gasteiger partial charge in [0.25, 0.3) is 0 Å². The first-order valence-electron chi connectivity index (χ1n) is 7.06. The van der Waals surface area contributed by atoms with Gasteiger partial charge in [-0.3, -0.25) is 0 Å². The van der Waals surface area contributed by atoms with Gasteiger partial charge in [-0.05, 0) is 31.7 Å². The maximum absolute atomic E-state index is 3.65. The van der Waals surface area contributed by atoms with Crippen molar-refractivity contribution in [2.75, 3.05) is 6.54 Å². The summed E-state index contributed by atoms with van der Waals surface area (Å²) in [5, 5.41) is 3.65. The Morgan fingerprint density at radius 1 is 0.933 bits per heavy atom. The van der Waals surface area contributed by atoms with Gasteiger partial charge in [0.1, 0.15) is 0 Å². The lowest BCUT2D eigenvalue weighted by Crippen LogP contribution is -2.40. The van der Waals surface area contributed by atoms with Crippen LogP contribution >= 0.6 is 0 Å². The minimum atomic E-state index is 0.861. The molecule has 0 aliphatic heterocycles. The van der Waals surface area contributed by atoms with Gasteiger partial charge in [0.2, 0.25) is 0 Å². The van der Waals surface area contributed by atoms with Crippen LogP contribution in [-0.4, -0.2) is 12.6 Å². The summed E-state index contributed by atoms with van der Waals surface area (Å²) in [6.45, 7) is 5.89. The highest BCUT2D eigenvalue weighted by Gasteiger charge is 2.23. The summed E-state index contributed by atoms with van der Waals surface area (Å²) in [5.41, 5.74) is 0.